The van der Waals surface area contributed by atoms with Gasteiger partial charge in [0.15, 0.2) is 0 Å². The number of nitrogens with zero attached hydrogens (tertiary/aromatic N) is 1. The fraction of sp³-hybridized carbons (Fsp3) is 0.222. The highest BCUT2D eigenvalue weighted by Crippen LogP contribution is 2.34. The van der Waals surface area contributed by atoms with Crippen LogP contribution in [0.5, 0.6) is 0 Å². The fourth-order valence-electron chi connectivity index (χ4n) is 3.04. The van der Waals surface area contributed by atoms with E-state index in [-0.39, 0.29) is 24.1 Å². The number of rotatable bonds is 3. The molecule has 7 heteroatoms. The Morgan fingerprint density at radius 3 is 2.68 bits per heavy atom. The third-order valence-corrected chi connectivity index (χ3v) is 7.20. The lowest BCUT2D eigenvalue weighted by molar-refractivity contribution is -0.00154. The molecule has 0 spiro atoms. The van der Waals surface area contributed by atoms with Crippen molar-refractivity contribution in [2.45, 2.75) is 11.0 Å². The summed E-state index contributed by atoms with van der Waals surface area (Å²) in [5.74, 6) is -0.455. The minimum absolute atomic E-state index is 0.102. The highest BCUT2D eigenvalue weighted by Gasteiger charge is 2.32. The third-order valence-electron chi connectivity index (χ3n) is 4.34. The number of thiophene rings is 1. The van der Waals surface area contributed by atoms with Gasteiger partial charge < -0.3 is 4.74 Å². The van der Waals surface area contributed by atoms with Crippen molar-refractivity contribution in [1.82, 2.24) is 4.31 Å². The average Bonchev–Trinajstić information content (AvgIpc) is 3.06. The molecule has 0 N–H and O–H groups in total. The minimum Gasteiger partial charge on any atom is -0.371 e. The lowest BCUT2D eigenvalue weighted by Crippen LogP contribution is -2.42. The van der Waals surface area contributed by atoms with Crippen molar-refractivity contribution in [3.63, 3.8) is 0 Å². The second-order valence-corrected chi connectivity index (χ2v) is 8.71. The van der Waals surface area contributed by atoms with Gasteiger partial charge in [0.25, 0.3) is 0 Å². The Labute approximate surface area is 149 Å². The molecule has 4 nitrogen and oxygen atoms in total. The summed E-state index contributed by atoms with van der Waals surface area (Å²) in [7, 11) is -3.67. The average molecular weight is 377 g/mol. The van der Waals surface area contributed by atoms with Crippen LogP contribution in [0.1, 0.15) is 11.7 Å². The van der Waals surface area contributed by atoms with Crippen molar-refractivity contribution >= 4 is 31.4 Å². The van der Waals surface area contributed by atoms with E-state index in [4.69, 9.17) is 4.74 Å². The Morgan fingerprint density at radius 2 is 1.88 bits per heavy atom. The standard InChI is InChI=1S/C18H16FNO3S2/c19-13-5-7-14(8-6-13)25(21,22)20-9-10-23-17(11-20)16-12-24-18-4-2-1-3-15(16)18/h1-8,12,17H,9-11H2/t17-/m0/s1. The molecule has 2 aromatic carbocycles. The Hall–Kier alpha value is -1.80. The first-order valence-electron chi connectivity index (χ1n) is 7.89. The van der Waals surface area contributed by atoms with Gasteiger partial charge in [-0.15, -0.1) is 11.3 Å². The monoisotopic (exact) mass is 377 g/mol. The van der Waals surface area contributed by atoms with Crippen molar-refractivity contribution in [3.05, 3.63) is 65.3 Å². The molecule has 0 bridgehead atoms. The van der Waals surface area contributed by atoms with E-state index in [2.05, 4.69) is 0 Å². The minimum atomic E-state index is -3.67. The fourth-order valence-corrected chi connectivity index (χ4v) is 5.46. The van der Waals surface area contributed by atoms with Crippen molar-refractivity contribution in [3.8, 4) is 0 Å². The van der Waals surface area contributed by atoms with E-state index < -0.39 is 15.8 Å². The van der Waals surface area contributed by atoms with Crippen molar-refractivity contribution < 1.29 is 17.5 Å². The number of morpholine rings is 1. The number of hydrogen-bond acceptors (Lipinski definition) is 4. The molecule has 0 unspecified atom stereocenters. The molecule has 0 amide bonds. The number of hydrogen-bond donors (Lipinski definition) is 0. The van der Waals surface area contributed by atoms with E-state index in [0.717, 1.165) is 27.8 Å². The van der Waals surface area contributed by atoms with Gasteiger partial charge in [-0.2, -0.15) is 4.31 Å². The van der Waals surface area contributed by atoms with Gasteiger partial charge in [-0.05, 0) is 41.1 Å². The van der Waals surface area contributed by atoms with Crippen molar-refractivity contribution in [2.24, 2.45) is 0 Å². The summed E-state index contributed by atoms with van der Waals surface area (Å²) in [5.41, 5.74) is 1.01. The summed E-state index contributed by atoms with van der Waals surface area (Å²) in [6.07, 6.45) is -0.305. The summed E-state index contributed by atoms with van der Waals surface area (Å²) in [6, 6.07) is 12.9. The van der Waals surface area contributed by atoms with Gasteiger partial charge in [-0.25, -0.2) is 12.8 Å². The topological polar surface area (TPSA) is 46.6 Å². The maximum absolute atomic E-state index is 13.1. The lowest BCUT2D eigenvalue weighted by Gasteiger charge is -2.32. The molecule has 4 rings (SSSR count). The molecule has 1 saturated heterocycles. The highest BCUT2D eigenvalue weighted by atomic mass is 32.2. The second kappa shape index (κ2) is 6.49. The summed E-state index contributed by atoms with van der Waals surface area (Å²) in [5, 5.41) is 3.13. The van der Waals surface area contributed by atoms with E-state index >= 15 is 0 Å². The van der Waals surface area contributed by atoms with Crippen LogP contribution in [0.15, 0.2) is 58.8 Å². The Kier molecular flexibility index (Phi) is 4.33. The molecule has 1 fully saturated rings. The number of fused-ring (bicyclic) bond motifs is 1. The van der Waals surface area contributed by atoms with Gasteiger partial charge in [0, 0.05) is 23.4 Å². The first-order chi connectivity index (χ1) is 12.1. The third kappa shape index (κ3) is 3.08. The molecule has 0 aliphatic carbocycles. The lowest BCUT2D eigenvalue weighted by atomic mass is 10.1. The van der Waals surface area contributed by atoms with E-state index in [9.17, 15) is 12.8 Å². The first kappa shape index (κ1) is 16.7. The molecule has 1 aliphatic rings. The van der Waals surface area contributed by atoms with Gasteiger partial charge in [0.05, 0.1) is 17.6 Å². The van der Waals surface area contributed by atoms with E-state index in [1.54, 1.807) is 11.3 Å². The second-order valence-electron chi connectivity index (χ2n) is 5.86. The number of halogens is 1. The number of sulfonamides is 1. The summed E-state index contributed by atoms with van der Waals surface area (Å²) >= 11 is 1.62. The zero-order chi connectivity index (χ0) is 17.4. The Bertz CT molecular complexity index is 999. The molecule has 1 atom stereocenters. The molecule has 130 valence electrons. The van der Waals surface area contributed by atoms with Crippen LogP contribution >= 0.6 is 11.3 Å². The molecular weight excluding hydrogens is 361 g/mol. The van der Waals surface area contributed by atoms with Crippen LogP contribution in [0.25, 0.3) is 10.1 Å². The zero-order valence-corrected chi connectivity index (χ0v) is 14.9. The van der Waals surface area contributed by atoms with Gasteiger partial charge in [0.2, 0.25) is 10.0 Å². The van der Waals surface area contributed by atoms with Gasteiger partial charge in [-0.1, -0.05) is 18.2 Å². The van der Waals surface area contributed by atoms with Crippen LogP contribution in [0, 0.1) is 5.82 Å². The maximum atomic E-state index is 13.1. The predicted molar refractivity (Wildman–Crippen MR) is 95.7 cm³/mol. The van der Waals surface area contributed by atoms with Crippen LogP contribution < -0.4 is 0 Å². The van der Waals surface area contributed by atoms with Gasteiger partial charge in [0.1, 0.15) is 5.82 Å². The quantitative estimate of drug-likeness (QED) is 0.697. The van der Waals surface area contributed by atoms with Crippen molar-refractivity contribution in [2.75, 3.05) is 19.7 Å². The van der Waals surface area contributed by atoms with E-state index in [0.29, 0.717) is 6.61 Å². The Morgan fingerprint density at radius 1 is 1.12 bits per heavy atom. The van der Waals surface area contributed by atoms with Gasteiger partial charge >= 0.3 is 0 Å². The highest BCUT2D eigenvalue weighted by molar-refractivity contribution is 7.89. The van der Waals surface area contributed by atoms with E-state index in [1.165, 1.54) is 16.4 Å². The molecule has 1 aliphatic heterocycles. The predicted octanol–water partition coefficient (Wildman–Crippen LogP) is 3.80. The molecule has 0 radical (unpaired) electrons. The summed E-state index contributed by atoms with van der Waals surface area (Å²) in [6.45, 7) is 0.869. The van der Waals surface area contributed by atoms with Crippen LogP contribution in [0.4, 0.5) is 4.39 Å². The normalized spacial score (nSPS) is 19.3. The maximum Gasteiger partial charge on any atom is 0.243 e. The molecular formula is C18H16FNO3S2. The number of ether oxygens (including phenoxy) is 1. The summed E-state index contributed by atoms with van der Waals surface area (Å²) in [4.78, 5) is 0.102. The molecule has 3 aromatic rings. The molecule has 1 aromatic heterocycles. The van der Waals surface area contributed by atoms with Gasteiger partial charge in [-0.3, -0.25) is 0 Å². The molecule has 2 heterocycles. The SMILES string of the molecule is O=S(=O)(c1ccc(F)cc1)N1CCO[C@H](c2csc3ccccc23)C1. The van der Waals surface area contributed by atoms with Crippen molar-refractivity contribution in [1.29, 1.82) is 0 Å². The van der Waals surface area contributed by atoms with E-state index in [1.807, 2.05) is 29.6 Å². The molecule has 25 heavy (non-hydrogen) atoms. The zero-order valence-electron chi connectivity index (χ0n) is 13.3. The Balaban J connectivity index is 1.63. The van der Waals surface area contributed by atoms with Crippen LogP contribution in [-0.4, -0.2) is 32.4 Å². The van der Waals surface area contributed by atoms with Crippen LogP contribution in [0.2, 0.25) is 0 Å². The largest absolute Gasteiger partial charge is 0.371 e. The molecule has 0 saturated carbocycles. The van der Waals surface area contributed by atoms with Crippen LogP contribution in [-0.2, 0) is 14.8 Å². The smallest absolute Gasteiger partial charge is 0.243 e. The first-order valence-corrected chi connectivity index (χ1v) is 10.2. The number of benzene rings is 2. The van der Waals surface area contributed by atoms with Crippen LogP contribution in [0.3, 0.4) is 0 Å². The summed E-state index contributed by atoms with van der Waals surface area (Å²) < 4.78 is 47.2.